The molecule has 2 saturated heterocycles. The molecule has 1 aromatic carbocycles. The Hall–Kier alpha value is -2.93. The number of nitrogens with one attached hydrogen (secondary N) is 1. The van der Waals surface area contributed by atoms with Crippen molar-refractivity contribution in [3.63, 3.8) is 0 Å². The standard InChI is InChI=1S/C22H27N5O2/c1-25-11-13-26(14-12-25)20-9-6-18(16-23-20)24-21(28)15-17-4-7-19(8-5-17)27-10-2-3-22(27)29/h4-9,16H,2-3,10-15H2,1H3,(H,24,28). The number of rotatable bonds is 5. The van der Waals surface area contributed by atoms with Crippen LogP contribution < -0.4 is 15.1 Å². The number of hydrogen-bond donors (Lipinski definition) is 1. The maximum Gasteiger partial charge on any atom is 0.228 e. The molecular formula is C22H27N5O2. The maximum absolute atomic E-state index is 12.4. The first-order valence-electron chi connectivity index (χ1n) is 10.2. The van der Waals surface area contributed by atoms with Crippen LogP contribution in [0.2, 0.25) is 0 Å². The van der Waals surface area contributed by atoms with Crippen molar-refractivity contribution in [2.24, 2.45) is 0 Å². The summed E-state index contributed by atoms with van der Waals surface area (Å²) in [4.78, 5) is 35.1. The van der Waals surface area contributed by atoms with Crippen molar-refractivity contribution < 1.29 is 9.59 Å². The molecule has 4 rings (SSSR count). The largest absolute Gasteiger partial charge is 0.354 e. The molecule has 3 heterocycles. The minimum atomic E-state index is -0.0795. The number of anilines is 3. The summed E-state index contributed by atoms with van der Waals surface area (Å²) in [6, 6.07) is 11.5. The van der Waals surface area contributed by atoms with Crippen molar-refractivity contribution in [1.29, 1.82) is 0 Å². The third kappa shape index (κ3) is 4.74. The number of hydrogen-bond acceptors (Lipinski definition) is 5. The van der Waals surface area contributed by atoms with Crippen LogP contribution in [0.5, 0.6) is 0 Å². The van der Waals surface area contributed by atoms with Gasteiger partial charge in [-0.3, -0.25) is 9.59 Å². The van der Waals surface area contributed by atoms with Gasteiger partial charge in [-0.15, -0.1) is 0 Å². The zero-order valence-corrected chi connectivity index (χ0v) is 16.8. The number of aromatic nitrogens is 1. The molecule has 0 bridgehead atoms. The first-order chi connectivity index (χ1) is 14.1. The van der Waals surface area contributed by atoms with Gasteiger partial charge < -0.3 is 20.0 Å². The normalized spacial score (nSPS) is 17.6. The molecule has 7 heteroatoms. The van der Waals surface area contributed by atoms with Crippen molar-refractivity contribution in [2.75, 3.05) is 54.9 Å². The van der Waals surface area contributed by atoms with E-state index in [1.807, 2.05) is 36.4 Å². The van der Waals surface area contributed by atoms with Gasteiger partial charge in [-0.05, 0) is 43.3 Å². The highest BCUT2D eigenvalue weighted by Crippen LogP contribution is 2.22. The van der Waals surface area contributed by atoms with Crippen molar-refractivity contribution in [3.05, 3.63) is 48.2 Å². The Morgan fingerprint density at radius 1 is 1.03 bits per heavy atom. The Bertz CT molecular complexity index is 858. The molecule has 2 amide bonds. The quantitative estimate of drug-likeness (QED) is 0.843. The van der Waals surface area contributed by atoms with E-state index in [0.717, 1.165) is 56.2 Å². The van der Waals surface area contributed by atoms with E-state index in [0.29, 0.717) is 12.1 Å². The fraction of sp³-hybridized carbons (Fsp3) is 0.409. The molecule has 2 aromatic rings. The van der Waals surface area contributed by atoms with Gasteiger partial charge in [-0.1, -0.05) is 12.1 Å². The van der Waals surface area contributed by atoms with Gasteiger partial charge in [-0.25, -0.2) is 4.98 Å². The number of likely N-dealkylation sites (N-methyl/N-ethyl adjacent to an activating group) is 1. The van der Waals surface area contributed by atoms with Crippen LogP contribution in [-0.2, 0) is 16.0 Å². The Balaban J connectivity index is 1.30. The Morgan fingerprint density at radius 3 is 2.41 bits per heavy atom. The molecule has 1 aromatic heterocycles. The summed E-state index contributed by atoms with van der Waals surface area (Å²) in [6.07, 6.45) is 3.53. The van der Waals surface area contributed by atoms with Crippen LogP contribution in [0.15, 0.2) is 42.6 Å². The molecule has 152 valence electrons. The lowest BCUT2D eigenvalue weighted by molar-refractivity contribution is -0.117. The van der Waals surface area contributed by atoms with Crippen LogP contribution in [0.1, 0.15) is 18.4 Å². The van der Waals surface area contributed by atoms with E-state index in [-0.39, 0.29) is 18.2 Å². The van der Waals surface area contributed by atoms with Gasteiger partial charge in [0.15, 0.2) is 0 Å². The predicted octanol–water partition coefficient (Wildman–Crippen LogP) is 2.14. The summed E-state index contributed by atoms with van der Waals surface area (Å²) < 4.78 is 0. The van der Waals surface area contributed by atoms with E-state index in [1.54, 1.807) is 11.1 Å². The molecule has 1 N–H and O–H groups in total. The highest BCUT2D eigenvalue weighted by atomic mass is 16.2. The molecule has 7 nitrogen and oxygen atoms in total. The second-order valence-corrected chi connectivity index (χ2v) is 7.74. The van der Waals surface area contributed by atoms with E-state index in [1.165, 1.54) is 0 Å². The van der Waals surface area contributed by atoms with Gasteiger partial charge in [0.1, 0.15) is 5.82 Å². The highest BCUT2D eigenvalue weighted by Gasteiger charge is 2.21. The SMILES string of the molecule is CN1CCN(c2ccc(NC(=O)Cc3ccc(N4CCCC4=O)cc3)cn2)CC1. The van der Waals surface area contributed by atoms with E-state index >= 15 is 0 Å². The first kappa shape index (κ1) is 19.4. The van der Waals surface area contributed by atoms with Crippen LogP contribution in [0.4, 0.5) is 17.2 Å². The number of piperazine rings is 1. The molecule has 2 fully saturated rings. The molecule has 0 saturated carbocycles. The molecule has 2 aliphatic rings. The maximum atomic E-state index is 12.4. The number of carbonyl (C=O) groups excluding carboxylic acids is 2. The van der Waals surface area contributed by atoms with Crippen LogP contribution in [0, 0.1) is 0 Å². The van der Waals surface area contributed by atoms with E-state index in [2.05, 4.69) is 27.1 Å². The molecule has 0 atom stereocenters. The lowest BCUT2D eigenvalue weighted by Gasteiger charge is -2.33. The van der Waals surface area contributed by atoms with Crippen LogP contribution >= 0.6 is 0 Å². The molecular weight excluding hydrogens is 366 g/mol. The van der Waals surface area contributed by atoms with Crippen LogP contribution in [-0.4, -0.2) is 61.5 Å². The topological polar surface area (TPSA) is 68.8 Å². The lowest BCUT2D eigenvalue weighted by atomic mass is 10.1. The van der Waals surface area contributed by atoms with Gasteiger partial charge in [0.05, 0.1) is 18.3 Å². The van der Waals surface area contributed by atoms with Crippen molar-refractivity contribution in [1.82, 2.24) is 9.88 Å². The number of carbonyl (C=O) groups is 2. The first-order valence-corrected chi connectivity index (χ1v) is 10.2. The summed E-state index contributed by atoms with van der Waals surface area (Å²) >= 11 is 0. The van der Waals surface area contributed by atoms with Crippen molar-refractivity contribution in [2.45, 2.75) is 19.3 Å². The van der Waals surface area contributed by atoms with Gasteiger partial charge in [-0.2, -0.15) is 0 Å². The van der Waals surface area contributed by atoms with Crippen molar-refractivity contribution >= 4 is 29.0 Å². The van der Waals surface area contributed by atoms with Crippen LogP contribution in [0.3, 0.4) is 0 Å². The monoisotopic (exact) mass is 393 g/mol. The zero-order valence-electron chi connectivity index (χ0n) is 16.8. The third-order valence-electron chi connectivity index (χ3n) is 5.55. The number of benzene rings is 1. The smallest absolute Gasteiger partial charge is 0.228 e. The minimum absolute atomic E-state index is 0.0795. The average Bonchev–Trinajstić information content (AvgIpc) is 3.16. The molecule has 0 aliphatic carbocycles. The summed E-state index contributed by atoms with van der Waals surface area (Å²) in [5.74, 6) is 1.04. The lowest BCUT2D eigenvalue weighted by Crippen LogP contribution is -2.44. The van der Waals surface area contributed by atoms with E-state index in [9.17, 15) is 9.59 Å². The predicted molar refractivity (Wildman–Crippen MR) is 114 cm³/mol. The summed E-state index contributed by atoms with van der Waals surface area (Å²) in [6.45, 7) is 4.77. The summed E-state index contributed by atoms with van der Waals surface area (Å²) in [7, 11) is 2.13. The molecule has 0 radical (unpaired) electrons. The van der Waals surface area contributed by atoms with Crippen molar-refractivity contribution in [3.8, 4) is 0 Å². The summed E-state index contributed by atoms with van der Waals surface area (Å²) in [5.41, 5.74) is 2.52. The van der Waals surface area contributed by atoms with Gasteiger partial charge in [0.2, 0.25) is 11.8 Å². The fourth-order valence-electron chi connectivity index (χ4n) is 3.79. The molecule has 2 aliphatic heterocycles. The molecule has 29 heavy (non-hydrogen) atoms. The Kier molecular flexibility index (Phi) is 5.76. The molecule has 0 unspecified atom stereocenters. The Morgan fingerprint density at radius 2 is 1.79 bits per heavy atom. The average molecular weight is 393 g/mol. The van der Waals surface area contributed by atoms with Gasteiger partial charge >= 0.3 is 0 Å². The van der Waals surface area contributed by atoms with E-state index in [4.69, 9.17) is 0 Å². The number of amides is 2. The second-order valence-electron chi connectivity index (χ2n) is 7.74. The Labute approximate surface area is 171 Å². The van der Waals surface area contributed by atoms with Gasteiger partial charge in [0, 0.05) is 44.8 Å². The third-order valence-corrected chi connectivity index (χ3v) is 5.55. The van der Waals surface area contributed by atoms with Gasteiger partial charge in [0.25, 0.3) is 0 Å². The van der Waals surface area contributed by atoms with E-state index < -0.39 is 0 Å². The fourth-order valence-corrected chi connectivity index (χ4v) is 3.79. The zero-order chi connectivity index (χ0) is 20.2. The molecule has 0 spiro atoms. The minimum Gasteiger partial charge on any atom is -0.354 e. The number of nitrogens with zero attached hydrogens (tertiary/aromatic N) is 4. The summed E-state index contributed by atoms with van der Waals surface area (Å²) in [5, 5.41) is 2.91. The van der Waals surface area contributed by atoms with Crippen LogP contribution in [0.25, 0.3) is 0 Å². The highest BCUT2D eigenvalue weighted by molar-refractivity contribution is 5.95. The number of pyridine rings is 1. The second kappa shape index (κ2) is 8.61.